The number of imidazole rings is 1. The Morgan fingerprint density at radius 1 is 1.17 bits per heavy atom. The molecule has 0 radical (unpaired) electrons. The molecule has 24 heavy (non-hydrogen) atoms. The summed E-state index contributed by atoms with van der Waals surface area (Å²) in [5.41, 5.74) is 10.2. The molecule has 0 aliphatic carbocycles. The van der Waals surface area contributed by atoms with E-state index >= 15 is 0 Å². The summed E-state index contributed by atoms with van der Waals surface area (Å²) >= 11 is 1.68. The van der Waals surface area contributed by atoms with E-state index in [-0.39, 0.29) is 0 Å². The van der Waals surface area contributed by atoms with Gasteiger partial charge in [-0.3, -0.25) is 0 Å². The molecular weight excluding hydrogens is 320 g/mol. The van der Waals surface area contributed by atoms with Gasteiger partial charge in [-0.25, -0.2) is 19.9 Å². The summed E-state index contributed by atoms with van der Waals surface area (Å²) in [7, 11) is 0. The second-order valence-corrected chi connectivity index (χ2v) is 6.73. The van der Waals surface area contributed by atoms with E-state index < -0.39 is 0 Å². The van der Waals surface area contributed by atoms with E-state index in [0.717, 1.165) is 58.4 Å². The van der Waals surface area contributed by atoms with Crippen molar-refractivity contribution in [2.75, 3.05) is 11.5 Å². The quantitative estimate of drug-likeness (QED) is 0.421. The molecule has 0 aliphatic heterocycles. The van der Waals surface area contributed by atoms with E-state index in [1.54, 1.807) is 24.2 Å². The van der Waals surface area contributed by atoms with Crippen LogP contribution in [0.25, 0.3) is 11.0 Å². The van der Waals surface area contributed by atoms with E-state index in [9.17, 15) is 0 Å². The van der Waals surface area contributed by atoms with Gasteiger partial charge in [0.1, 0.15) is 11.3 Å². The lowest BCUT2D eigenvalue weighted by molar-refractivity contribution is 0.662. The molecule has 7 heteroatoms. The Morgan fingerprint density at radius 2 is 1.92 bits per heavy atom. The van der Waals surface area contributed by atoms with Gasteiger partial charge in [0.05, 0.1) is 5.52 Å². The number of pyridine rings is 1. The van der Waals surface area contributed by atoms with Gasteiger partial charge in [-0.1, -0.05) is 18.7 Å². The SMILES string of the molecule is CCc1nc2c(N)nc(C)c(C)c2n1CCCSc1ncccn1. The second-order valence-electron chi connectivity index (χ2n) is 5.67. The molecule has 0 saturated heterocycles. The fraction of sp³-hybridized carbons (Fsp3) is 0.412. The van der Waals surface area contributed by atoms with Crippen LogP contribution in [0.5, 0.6) is 0 Å². The molecule has 3 aromatic heterocycles. The smallest absolute Gasteiger partial charge is 0.187 e. The standard InChI is InChI=1S/C17H22N6S/c1-4-13-22-14-15(11(2)12(3)21-16(14)18)23(13)9-6-10-24-17-19-7-5-8-20-17/h5,7-8H,4,6,9-10H2,1-3H3,(H2,18,21). The van der Waals surface area contributed by atoms with E-state index in [4.69, 9.17) is 10.7 Å². The number of thioether (sulfide) groups is 1. The average molecular weight is 342 g/mol. The molecule has 3 aromatic rings. The van der Waals surface area contributed by atoms with Crippen LogP contribution in [0.4, 0.5) is 5.82 Å². The molecule has 0 fully saturated rings. The third-order valence-electron chi connectivity index (χ3n) is 4.09. The zero-order chi connectivity index (χ0) is 17.1. The van der Waals surface area contributed by atoms with Crippen molar-refractivity contribution in [3.05, 3.63) is 35.5 Å². The highest BCUT2D eigenvalue weighted by Gasteiger charge is 2.16. The van der Waals surface area contributed by atoms with Crippen LogP contribution in [0.1, 0.15) is 30.4 Å². The lowest BCUT2D eigenvalue weighted by Gasteiger charge is -2.11. The van der Waals surface area contributed by atoms with Gasteiger partial charge in [-0.2, -0.15) is 0 Å². The molecule has 2 N–H and O–H groups in total. The van der Waals surface area contributed by atoms with Crippen molar-refractivity contribution in [3.63, 3.8) is 0 Å². The number of hydrogen-bond acceptors (Lipinski definition) is 6. The summed E-state index contributed by atoms with van der Waals surface area (Å²) in [4.78, 5) is 17.6. The zero-order valence-electron chi connectivity index (χ0n) is 14.3. The Balaban J connectivity index is 1.80. The monoisotopic (exact) mass is 342 g/mol. The Labute approximate surface area is 145 Å². The van der Waals surface area contributed by atoms with Crippen LogP contribution in [0.2, 0.25) is 0 Å². The Bertz CT molecular complexity index is 843. The molecule has 0 aromatic carbocycles. The van der Waals surface area contributed by atoms with Gasteiger partial charge in [0.25, 0.3) is 0 Å². The maximum Gasteiger partial charge on any atom is 0.187 e. The summed E-state index contributed by atoms with van der Waals surface area (Å²) < 4.78 is 2.29. The van der Waals surface area contributed by atoms with Gasteiger partial charge in [0.15, 0.2) is 11.0 Å². The van der Waals surface area contributed by atoms with Gasteiger partial charge in [-0.05, 0) is 31.9 Å². The predicted octanol–water partition coefficient (Wildman–Crippen LogP) is 3.17. The molecule has 0 atom stereocenters. The topological polar surface area (TPSA) is 82.5 Å². The molecule has 0 unspecified atom stereocenters. The third-order valence-corrected chi connectivity index (χ3v) is 5.05. The lowest BCUT2D eigenvalue weighted by atomic mass is 10.2. The maximum atomic E-state index is 6.09. The summed E-state index contributed by atoms with van der Waals surface area (Å²) in [5, 5.41) is 0.823. The van der Waals surface area contributed by atoms with Gasteiger partial charge < -0.3 is 10.3 Å². The molecule has 0 aliphatic rings. The molecule has 6 nitrogen and oxygen atoms in total. The minimum absolute atomic E-state index is 0.522. The first-order valence-corrected chi connectivity index (χ1v) is 9.12. The van der Waals surface area contributed by atoms with Crippen molar-refractivity contribution >= 4 is 28.6 Å². The first-order valence-electron chi connectivity index (χ1n) is 8.13. The third kappa shape index (κ3) is 3.21. The van der Waals surface area contributed by atoms with E-state index in [0.29, 0.717) is 5.82 Å². The van der Waals surface area contributed by atoms with Crippen molar-refractivity contribution in [2.24, 2.45) is 0 Å². The molecule has 3 rings (SSSR count). The van der Waals surface area contributed by atoms with Crippen LogP contribution in [-0.2, 0) is 13.0 Å². The van der Waals surface area contributed by atoms with Crippen molar-refractivity contribution in [2.45, 2.75) is 45.3 Å². The van der Waals surface area contributed by atoms with E-state index in [2.05, 4.69) is 33.4 Å². The minimum atomic E-state index is 0.522. The number of anilines is 1. The normalized spacial score (nSPS) is 11.3. The van der Waals surface area contributed by atoms with Crippen LogP contribution in [-0.4, -0.2) is 30.3 Å². The van der Waals surface area contributed by atoms with Crippen LogP contribution in [0.3, 0.4) is 0 Å². The van der Waals surface area contributed by atoms with Crippen LogP contribution in [0, 0.1) is 13.8 Å². The molecule has 0 spiro atoms. The van der Waals surface area contributed by atoms with Crippen molar-refractivity contribution in [3.8, 4) is 0 Å². The maximum absolute atomic E-state index is 6.09. The number of aryl methyl sites for hydroxylation is 4. The number of nitrogen functional groups attached to an aromatic ring is 1. The van der Waals surface area contributed by atoms with Gasteiger partial charge >= 0.3 is 0 Å². The highest BCUT2D eigenvalue weighted by Crippen LogP contribution is 2.26. The Kier molecular flexibility index (Phi) is 4.99. The lowest BCUT2D eigenvalue weighted by Crippen LogP contribution is -2.06. The summed E-state index contributed by atoms with van der Waals surface area (Å²) in [6, 6.07) is 1.83. The van der Waals surface area contributed by atoms with Crippen LogP contribution >= 0.6 is 11.8 Å². The number of nitrogens with zero attached hydrogens (tertiary/aromatic N) is 5. The van der Waals surface area contributed by atoms with Gasteiger partial charge in [-0.15, -0.1) is 0 Å². The zero-order valence-corrected chi connectivity index (χ0v) is 15.1. The molecule has 0 amide bonds. The predicted molar refractivity (Wildman–Crippen MR) is 98.2 cm³/mol. The second kappa shape index (κ2) is 7.17. The summed E-state index contributed by atoms with van der Waals surface area (Å²) in [6.45, 7) is 7.12. The molecule has 0 saturated carbocycles. The minimum Gasteiger partial charge on any atom is -0.382 e. The number of fused-ring (bicyclic) bond motifs is 1. The molecule has 126 valence electrons. The van der Waals surface area contributed by atoms with Crippen LogP contribution < -0.4 is 5.73 Å². The first kappa shape index (κ1) is 16.7. The number of aromatic nitrogens is 5. The van der Waals surface area contributed by atoms with Crippen molar-refractivity contribution in [1.29, 1.82) is 0 Å². The first-order chi connectivity index (χ1) is 11.6. The highest BCUT2D eigenvalue weighted by atomic mass is 32.2. The Morgan fingerprint density at radius 3 is 2.62 bits per heavy atom. The number of rotatable bonds is 6. The fourth-order valence-corrected chi connectivity index (χ4v) is 3.53. The number of hydrogen-bond donors (Lipinski definition) is 1. The van der Waals surface area contributed by atoms with Crippen molar-refractivity contribution < 1.29 is 0 Å². The van der Waals surface area contributed by atoms with Gasteiger partial charge in [0.2, 0.25) is 0 Å². The fourth-order valence-electron chi connectivity index (χ4n) is 2.80. The molecule has 0 bridgehead atoms. The molecule has 3 heterocycles. The van der Waals surface area contributed by atoms with Crippen LogP contribution in [0.15, 0.2) is 23.6 Å². The Hall–Kier alpha value is -2.15. The summed E-state index contributed by atoms with van der Waals surface area (Å²) in [5.74, 6) is 2.55. The largest absolute Gasteiger partial charge is 0.382 e. The van der Waals surface area contributed by atoms with E-state index in [1.165, 1.54) is 0 Å². The molecular formula is C17H22N6S. The van der Waals surface area contributed by atoms with E-state index in [1.807, 2.05) is 13.0 Å². The summed E-state index contributed by atoms with van der Waals surface area (Å²) in [6.07, 6.45) is 5.44. The number of nitrogens with two attached hydrogens (primary N) is 1. The van der Waals surface area contributed by atoms with Gasteiger partial charge in [0, 0.05) is 36.8 Å². The average Bonchev–Trinajstić information content (AvgIpc) is 2.97. The van der Waals surface area contributed by atoms with Crippen molar-refractivity contribution in [1.82, 2.24) is 24.5 Å². The highest BCUT2D eigenvalue weighted by molar-refractivity contribution is 7.99.